The van der Waals surface area contributed by atoms with Crippen LogP contribution in [0.5, 0.6) is 0 Å². The molecule has 2 fully saturated rings. The number of hydrogen-bond donors (Lipinski definition) is 0. The first-order valence-corrected chi connectivity index (χ1v) is 11.6. The summed E-state index contributed by atoms with van der Waals surface area (Å²) in [6.45, 7) is 4.48. The Balaban J connectivity index is 1.18. The SMILES string of the molecule is O=C(C1CCCN(c2ccc(-c3ccccc3)nn2)C1)N1CCN(c2ccc(F)cc2)CC1. The van der Waals surface area contributed by atoms with Crippen LogP contribution in [0, 0.1) is 11.7 Å². The Kier molecular flexibility index (Phi) is 6.19. The van der Waals surface area contributed by atoms with Crippen LogP contribution in [-0.2, 0) is 4.79 Å². The van der Waals surface area contributed by atoms with Crippen LogP contribution < -0.4 is 9.80 Å². The van der Waals surface area contributed by atoms with Crippen LogP contribution in [-0.4, -0.2) is 60.3 Å². The first kappa shape index (κ1) is 21.4. The summed E-state index contributed by atoms with van der Waals surface area (Å²) in [5.41, 5.74) is 2.90. The number of carbonyl (C=O) groups excluding carboxylic acids is 1. The van der Waals surface area contributed by atoms with Crippen LogP contribution in [0.3, 0.4) is 0 Å². The van der Waals surface area contributed by atoms with Gasteiger partial charge in [0.05, 0.1) is 11.6 Å². The molecule has 33 heavy (non-hydrogen) atoms. The van der Waals surface area contributed by atoms with Crippen molar-refractivity contribution < 1.29 is 9.18 Å². The molecular weight excluding hydrogens is 417 g/mol. The molecule has 1 aromatic heterocycles. The van der Waals surface area contributed by atoms with Crippen molar-refractivity contribution in [2.45, 2.75) is 12.8 Å². The molecule has 2 aliphatic heterocycles. The number of piperazine rings is 1. The molecule has 1 amide bonds. The van der Waals surface area contributed by atoms with Crippen LogP contribution >= 0.6 is 0 Å². The van der Waals surface area contributed by atoms with Crippen molar-refractivity contribution in [1.29, 1.82) is 0 Å². The second-order valence-corrected chi connectivity index (χ2v) is 8.72. The highest BCUT2D eigenvalue weighted by Crippen LogP contribution is 2.25. The molecule has 3 heterocycles. The maximum atomic E-state index is 13.3. The molecule has 6 nitrogen and oxygen atoms in total. The van der Waals surface area contributed by atoms with Gasteiger partial charge in [0.25, 0.3) is 0 Å². The fourth-order valence-corrected chi connectivity index (χ4v) is 4.74. The summed E-state index contributed by atoms with van der Waals surface area (Å²) >= 11 is 0. The van der Waals surface area contributed by atoms with E-state index < -0.39 is 0 Å². The van der Waals surface area contributed by atoms with Crippen LogP contribution in [0.4, 0.5) is 15.9 Å². The Morgan fingerprint density at radius 1 is 0.818 bits per heavy atom. The van der Waals surface area contributed by atoms with E-state index in [1.54, 1.807) is 12.1 Å². The predicted molar refractivity (Wildman–Crippen MR) is 128 cm³/mol. The zero-order chi connectivity index (χ0) is 22.6. The highest BCUT2D eigenvalue weighted by Gasteiger charge is 2.31. The van der Waals surface area contributed by atoms with E-state index in [0.717, 1.165) is 55.2 Å². The largest absolute Gasteiger partial charge is 0.368 e. The maximum Gasteiger partial charge on any atom is 0.227 e. The van der Waals surface area contributed by atoms with Crippen molar-refractivity contribution >= 4 is 17.4 Å². The van der Waals surface area contributed by atoms with Crippen LogP contribution in [0.1, 0.15) is 12.8 Å². The number of benzene rings is 2. The standard InChI is InChI=1S/C26H28FN5O/c27-22-8-10-23(11-9-22)30-15-17-31(18-16-30)26(33)21-7-4-14-32(19-21)25-13-12-24(28-29-25)20-5-2-1-3-6-20/h1-3,5-6,8-13,21H,4,7,14-19H2. The summed E-state index contributed by atoms with van der Waals surface area (Å²) in [6, 6.07) is 20.6. The average Bonchev–Trinajstić information content (AvgIpc) is 2.89. The van der Waals surface area contributed by atoms with Crippen LogP contribution in [0.15, 0.2) is 66.7 Å². The lowest BCUT2D eigenvalue weighted by molar-refractivity contribution is -0.136. The number of nitrogens with zero attached hydrogens (tertiary/aromatic N) is 5. The van der Waals surface area contributed by atoms with E-state index in [1.165, 1.54) is 12.1 Å². The first-order valence-electron chi connectivity index (χ1n) is 11.6. The van der Waals surface area contributed by atoms with E-state index in [9.17, 15) is 9.18 Å². The van der Waals surface area contributed by atoms with Gasteiger partial charge < -0.3 is 14.7 Å². The topological polar surface area (TPSA) is 52.6 Å². The van der Waals surface area contributed by atoms with Crippen LogP contribution in [0.25, 0.3) is 11.3 Å². The average molecular weight is 446 g/mol. The smallest absolute Gasteiger partial charge is 0.227 e. The molecule has 2 saturated heterocycles. The number of amides is 1. The van der Waals surface area contributed by atoms with Gasteiger partial charge in [-0.25, -0.2) is 4.39 Å². The normalized spacial score (nSPS) is 18.9. The van der Waals surface area contributed by atoms with Gasteiger partial charge in [-0.3, -0.25) is 4.79 Å². The third kappa shape index (κ3) is 4.82. The van der Waals surface area contributed by atoms with E-state index in [0.29, 0.717) is 19.6 Å². The predicted octanol–water partition coefficient (Wildman–Crippen LogP) is 3.85. The third-order valence-corrected chi connectivity index (χ3v) is 6.60. The Morgan fingerprint density at radius 3 is 2.27 bits per heavy atom. The van der Waals surface area contributed by atoms with Gasteiger partial charge in [0, 0.05) is 50.5 Å². The lowest BCUT2D eigenvalue weighted by Crippen LogP contribution is -2.52. The van der Waals surface area contributed by atoms with E-state index in [4.69, 9.17) is 0 Å². The molecule has 0 spiro atoms. The van der Waals surface area contributed by atoms with Gasteiger partial charge in [0.15, 0.2) is 5.82 Å². The second-order valence-electron chi connectivity index (χ2n) is 8.72. The van der Waals surface area contributed by atoms with Crippen molar-refractivity contribution in [3.63, 3.8) is 0 Å². The summed E-state index contributed by atoms with van der Waals surface area (Å²) in [5.74, 6) is 0.807. The summed E-state index contributed by atoms with van der Waals surface area (Å²) in [5, 5.41) is 8.86. The quantitative estimate of drug-likeness (QED) is 0.611. The van der Waals surface area contributed by atoms with Gasteiger partial charge in [0.2, 0.25) is 5.91 Å². The van der Waals surface area contributed by atoms with Crippen molar-refractivity contribution in [1.82, 2.24) is 15.1 Å². The molecule has 0 radical (unpaired) electrons. The fourth-order valence-electron chi connectivity index (χ4n) is 4.74. The van der Waals surface area contributed by atoms with Gasteiger partial charge >= 0.3 is 0 Å². The van der Waals surface area contributed by atoms with Crippen molar-refractivity contribution in [2.75, 3.05) is 49.1 Å². The third-order valence-electron chi connectivity index (χ3n) is 6.60. The molecule has 170 valence electrons. The lowest BCUT2D eigenvalue weighted by atomic mass is 9.96. The first-order chi connectivity index (χ1) is 16.2. The number of rotatable bonds is 4. The van der Waals surface area contributed by atoms with Crippen molar-refractivity contribution in [3.8, 4) is 11.3 Å². The van der Waals surface area contributed by atoms with E-state index in [1.807, 2.05) is 47.4 Å². The molecule has 2 aromatic carbocycles. The summed E-state index contributed by atoms with van der Waals surface area (Å²) in [4.78, 5) is 19.6. The van der Waals surface area contributed by atoms with Crippen molar-refractivity contribution in [2.24, 2.45) is 5.92 Å². The monoisotopic (exact) mass is 445 g/mol. The van der Waals surface area contributed by atoms with E-state index >= 15 is 0 Å². The summed E-state index contributed by atoms with van der Waals surface area (Å²) in [7, 11) is 0. The number of hydrogen-bond acceptors (Lipinski definition) is 5. The fraction of sp³-hybridized carbons (Fsp3) is 0.346. The lowest BCUT2D eigenvalue weighted by Gasteiger charge is -2.40. The highest BCUT2D eigenvalue weighted by molar-refractivity contribution is 5.80. The Bertz CT molecular complexity index is 1070. The molecule has 1 atom stereocenters. The second kappa shape index (κ2) is 9.57. The van der Waals surface area contributed by atoms with E-state index in [-0.39, 0.29) is 17.6 Å². The van der Waals surface area contributed by atoms with Gasteiger partial charge in [-0.1, -0.05) is 30.3 Å². The number of carbonyl (C=O) groups is 1. The number of anilines is 2. The summed E-state index contributed by atoms with van der Waals surface area (Å²) in [6.07, 6.45) is 1.87. The Morgan fingerprint density at radius 2 is 1.58 bits per heavy atom. The Labute approximate surface area is 193 Å². The molecule has 0 bridgehead atoms. The number of aromatic nitrogens is 2. The Hall–Kier alpha value is -3.48. The minimum atomic E-state index is -0.228. The van der Waals surface area contributed by atoms with Gasteiger partial charge in [-0.05, 0) is 49.2 Å². The molecule has 5 rings (SSSR count). The van der Waals surface area contributed by atoms with Crippen molar-refractivity contribution in [3.05, 3.63) is 72.5 Å². The minimum Gasteiger partial charge on any atom is -0.368 e. The zero-order valence-corrected chi connectivity index (χ0v) is 18.6. The van der Waals surface area contributed by atoms with Crippen LogP contribution in [0.2, 0.25) is 0 Å². The highest BCUT2D eigenvalue weighted by atomic mass is 19.1. The van der Waals surface area contributed by atoms with Gasteiger partial charge in [-0.15, -0.1) is 10.2 Å². The zero-order valence-electron chi connectivity index (χ0n) is 18.6. The number of piperidine rings is 1. The molecule has 3 aromatic rings. The minimum absolute atomic E-state index is 0.0216. The molecule has 0 aliphatic carbocycles. The van der Waals surface area contributed by atoms with Gasteiger partial charge in [0.1, 0.15) is 5.82 Å². The summed E-state index contributed by atoms with van der Waals surface area (Å²) < 4.78 is 13.2. The number of halogens is 1. The molecule has 1 unspecified atom stereocenters. The molecular formula is C26H28FN5O. The molecule has 0 N–H and O–H groups in total. The maximum absolute atomic E-state index is 13.3. The van der Waals surface area contributed by atoms with E-state index in [2.05, 4.69) is 20.0 Å². The molecule has 7 heteroatoms. The molecule has 0 saturated carbocycles. The van der Waals surface area contributed by atoms with Gasteiger partial charge in [-0.2, -0.15) is 0 Å². The molecule has 2 aliphatic rings.